The first-order chi connectivity index (χ1) is 9.02. The molecule has 4 nitrogen and oxygen atoms in total. The summed E-state index contributed by atoms with van der Waals surface area (Å²) in [6.07, 6.45) is 2.40. The summed E-state index contributed by atoms with van der Waals surface area (Å²) in [6, 6.07) is 6.83. The maximum Gasteiger partial charge on any atom is 0.326 e. The van der Waals surface area contributed by atoms with Gasteiger partial charge in [-0.25, -0.2) is 4.79 Å². The summed E-state index contributed by atoms with van der Waals surface area (Å²) in [5, 5.41) is 11.6. The molecule has 0 bridgehead atoms. The molecule has 0 heterocycles. The summed E-state index contributed by atoms with van der Waals surface area (Å²) >= 11 is 2.18. The van der Waals surface area contributed by atoms with E-state index in [0.29, 0.717) is 6.42 Å². The van der Waals surface area contributed by atoms with Crippen molar-refractivity contribution in [2.24, 2.45) is 0 Å². The van der Waals surface area contributed by atoms with Crippen molar-refractivity contribution in [3.05, 3.63) is 33.4 Å². The van der Waals surface area contributed by atoms with Crippen molar-refractivity contribution in [1.82, 2.24) is 5.32 Å². The molecular formula is C14H18INO3. The van der Waals surface area contributed by atoms with E-state index >= 15 is 0 Å². The van der Waals surface area contributed by atoms with Crippen LogP contribution in [0.4, 0.5) is 0 Å². The Balaban J connectivity index is 2.55. The van der Waals surface area contributed by atoms with Crippen LogP contribution in [0.3, 0.4) is 0 Å². The number of benzene rings is 1. The third-order valence-corrected chi connectivity index (χ3v) is 3.40. The minimum atomic E-state index is -0.968. The van der Waals surface area contributed by atoms with Crippen LogP contribution in [0.1, 0.15) is 31.7 Å². The largest absolute Gasteiger partial charge is 0.480 e. The molecule has 1 amide bonds. The van der Waals surface area contributed by atoms with Crippen LogP contribution >= 0.6 is 22.6 Å². The second-order valence-corrected chi connectivity index (χ2v) is 5.65. The van der Waals surface area contributed by atoms with E-state index in [1.54, 1.807) is 0 Å². The number of hydrogen-bond donors (Lipinski definition) is 2. The van der Waals surface area contributed by atoms with Crippen molar-refractivity contribution in [2.75, 3.05) is 0 Å². The lowest BCUT2D eigenvalue weighted by molar-refractivity contribution is -0.142. The maximum atomic E-state index is 11.8. The number of carbonyl (C=O) groups is 2. The second-order valence-electron chi connectivity index (χ2n) is 4.41. The molecule has 0 aromatic heterocycles. The van der Waals surface area contributed by atoms with Gasteiger partial charge in [-0.05, 0) is 46.7 Å². The van der Waals surface area contributed by atoms with Gasteiger partial charge in [0.1, 0.15) is 6.04 Å². The Hall–Kier alpha value is -1.11. The number of carbonyl (C=O) groups excluding carboxylic acids is 1. The van der Waals surface area contributed by atoms with Gasteiger partial charge >= 0.3 is 5.97 Å². The van der Waals surface area contributed by atoms with Gasteiger partial charge in [0.15, 0.2) is 0 Å². The number of carboxylic acids is 1. The first-order valence-corrected chi connectivity index (χ1v) is 7.37. The fraction of sp³-hybridized carbons (Fsp3) is 0.429. The normalized spacial score (nSPS) is 11.9. The molecule has 0 aliphatic heterocycles. The standard InChI is InChI=1S/C14H18INO3/c1-2-3-7-12(14(18)19)16-13(17)9-10-5-4-6-11(15)8-10/h4-6,8,12H,2-3,7,9H2,1H3,(H,16,17)(H,18,19). The maximum absolute atomic E-state index is 11.8. The zero-order chi connectivity index (χ0) is 14.3. The highest BCUT2D eigenvalue weighted by Gasteiger charge is 2.19. The SMILES string of the molecule is CCCCC(NC(=O)Cc1cccc(I)c1)C(=O)O. The predicted molar refractivity (Wildman–Crippen MR) is 82.0 cm³/mol. The topological polar surface area (TPSA) is 66.4 Å². The highest BCUT2D eigenvalue weighted by atomic mass is 127. The molecule has 0 radical (unpaired) electrons. The summed E-state index contributed by atoms with van der Waals surface area (Å²) in [7, 11) is 0. The van der Waals surface area contributed by atoms with Gasteiger partial charge in [0.2, 0.25) is 5.91 Å². The number of unbranched alkanes of at least 4 members (excludes halogenated alkanes) is 1. The Morgan fingerprint density at radius 3 is 2.74 bits per heavy atom. The van der Waals surface area contributed by atoms with E-state index in [9.17, 15) is 9.59 Å². The lowest BCUT2D eigenvalue weighted by Gasteiger charge is -2.14. The van der Waals surface area contributed by atoms with Gasteiger partial charge in [-0.1, -0.05) is 31.9 Å². The van der Waals surface area contributed by atoms with Gasteiger partial charge in [-0.2, -0.15) is 0 Å². The molecule has 19 heavy (non-hydrogen) atoms. The molecular weight excluding hydrogens is 357 g/mol. The van der Waals surface area contributed by atoms with Crippen molar-refractivity contribution in [3.63, 3.8) is 0 Å². The minimum absolute atomic E-state index is 0.215. The van der Waals surface area contributed by atoms with E-state index in [2.05, 4.69) is 27.9 Å². The number of hydrogen-bond acceptors (Lipinski definition) is 2. The smallest absolute Gasteiger partial charge is 0.326 e. The average Bonchev–Trinajstić information content (AvgIpc) is 2.34. The predicted octanol–water partition coefficient (Wildman–Crippen LogP) is 2.59. The lowest BCUT2D eigenvalue weighted by atomic mass is 10.1. The van der Waals surface area contributed by atoms with Crippen molar-refractivity contribution >= 4 is 34.5 Å². The number of rotatable bonds is 7. The summed E-state index contributed by atoms with van der Waals surface area (Å²) in [5.74, 6) is -1.21. The molecule has 0 saturated carbocycles. The molecule has 1 aromatic rings. The van der Waals surface area contributed by atoms with Crippen LogP contribution in [0.15, 0.2) is 24.3 Å². The van der Waals surface area contributed by atoms with Crippen molar-refractivity contribution in [1.29, 1.82) is 0 Å². The van der Waals surface area contributed by atoms with Crippen LogP contribution in [0.2, 0.25) is 0 Å². The van der Waals surface area contributed by atoms with Crippen LogP contribution in [-0.4, -0.2) is 23.0 Å². The Labute approximate surface area is 126 Å². The van der Waals surface area contributed by atoms with E-state index in [1.807, 2.05) is 31.2 Å². The molecule has 0 spiro atoms. The molecule has 0 saturated heterocycles. The first kappa shape index (κ1) is 15.9. The molecule has 1 unspecified atom stereocenters. The van der Waals surface area contributed by atoms with E-state index in [-0.39, 0.29) is 12.3 Å². The van der Waals surface area contributed by atoms with Gasteiger partial charge < -0.3 is 10.4 Å². The third kappa shape index (κ3) is 6.04. The van der Waals surface area contributed by atoms with Crippen LogP contribution in [-0.2, 0) is 16.0 Å². The zero-order valence-electron chi connectivity index (χ0n) is 10.9. The summed E-state index contributed by atoms with van der Waals surface area (Å²) in [6.45, 7) is 1.99. The number of aliphatic carboxylic acids is 1. The molecule has 2 N–H and O–H groups in total. The Bertz CT molecular complexity index is 448. The van der Waals surface area contributed by atoms with Crippen molar-refractivity contribution in [3.8, 4) is 0 Å². The van der Waals surface area contributed by atoms with Crippen LogP contribution in [0.5, 0.6) is 0 Å². The minimum Gasteiger partial charge on any atom is -0.480 e. The summed E-state index contributed by atoms with van der Waals surface area (Å²) in [5.41, 5.74) is 0.893. The Morgan fingerprint density at radius 2 is 2.16 bits per heavy atom. The van der Waals surface area contributed by atoms with Crippen LogP contribution in [0.25, 0.3) is 0 Å². The van der Waals surface area contributed by atoms with Gasteiger partial charge in [-0.3, -0.25) is 4.79 Å². The quantitative estimate of drug-likeness (QED) is 0.720. The molecule has 1 rings (SSSR count). The fourth-order valence-corrected chi connectivity index (χ4v) is 2.35. The zero-order valence-corrected chi connectivity index (χ0v) is 13.0. The number of halogens is 1. The molecule has 1 aromatic carbocycles. The number of carboxylic acid groups (broad SMARTS) is 1. The number of amides is 1. The number of nitrogens with one attached hydrogen (secondary N) is 1. The molecule has 0 fully saturated rings. The highest BCUT2D eigenvalue weighted by molar-refractivity contribution is 14.1. The highest BCUT2D eigenvalue weighted by Crippen LogP contribution is 2.09. The summed E-state index contributed by atoms with van der Waals surface area (Å²) < 4.78 is 1.06. The monoisotopic (exact) mass is 375 g/mol. The van der Waals surface area contributed by atoms with Gasteiger partial charge in [0, 0.05) is 3.57 Å². The molecule has 0 aliphatic carbocycles. The van der Waals surface area contributed by atoms with Crippen LogP contribution < -0.4 is 5.32 Å². The first-order valence-electron chi connectivity index (χ1n) is 6.29. The van der Waals surface area contributed by atoms with Gasteiger partial charge in [0.05, 0.1) is 6.42 Å². The third-order valence-electron chi connectivity index (χ3n) is 2.73. The van der Waals surface area contributed by atoms with Crippen molar-refractivity contribution < 1.29 is 14.7 Å². The van der Waals surface area contributed by atoms with Gasteiger partial charge in [-0.15, -0.1) is 0 Å². The second kappa shape index (κ2) is 8.14. The molecule has 104 valence electrons. The average molecular weight is 375 g/mol. The van der Waals surface area contributed by atoms with E-state index in [0.717, 1.165) is 22.0 Å². The lowest BCUT2D eigenvalue weighted by Crippen LogP contribution is -2.41. The molecule has 5 heteroatoms. The van der Waals surface area contributed by atoms with E-state index < -0.39 is 12.0 Å². The van der Waals surface area contributed by atoms with E-state index in [1.165, 1.54) is 0 Å². The summed E-state index contributed by atoms with van der Waals surface area (Å²) in [4.78, 5) is 22.9. The van der Waals surface area contributed by atoms with Gasteiger partial charge in [0.25, 0.3) is 0 Å². The van der Waals surface area contributed by atoms with Crippen LogP contribution in [0, 0.1) is 3.57 Å². The molecule has 1 atom stereocenters. The van der Waals surface area contributed by atoms with Crippen molar-refractivity contribution in [2.45, 2.75) is 38.6 Å². The molecule has 0 aliphatic rings. The Morgan fingerprint density at radius 1 is 1.42 bits per heavy atom. The Kier molecular flexibility index (Phi) is 6.83. The van der Waals surface area contributed by atoms with E-state index in [4.69, 9.17) is 5.11 Å². The fourth-order valence-electron chi connectivity index (χ4n) is 1.74.